The minimum atomic E-state index is -0.195. The minimum absolute atomic E-state index is 0.195. The van der Waals surface area contributed by atoms with E-state index in [1.165, 1.54) is 18.9 Å². The summed E-state index contributed by atoms with van der Waals surface area (Å²) in [5, 5.41) is 0.688. The van der Waals surface area contributed by atoms with Crippen molar-refractivity contribution in [3.05, 3.63) is 34.6 Å². The number of hydrogen-bond acceptors (Lipinski definition) is 0. The fraction of sp³-hybridized carbons (Fsp3) is 0.500. The topological polar surface area (TPSA) is 0 Å². The molecule has 2 rings (SSSR count). The first-order valence-corrected chi connectivity index (χ1v) is 6.57. The van der Waals surface area contributed by atoms with E-state index in [4.69, 9.17) is 11.6 Å². The van der Waals surface area contributed by atoms with Crippen molar-refractivity contribution >= 4 is 27.5 Å². The van der Waals surface area contributed by atoms with Gasteiger partial charge in [0.25, 0.3) is 0 Å². The van der Waals surface area contributed by atoms with E-state index < -0.39 is 0 Å². The number of alkyl halides is 1. The predicted molar refractivity (Wildman–Crippen MR) is 65.3 cm³/mol. The van der Waals surface area contributed by atoms with Crippen molar-refractivity contribution in [1.82, 2.24) is 0 Å². The van der Waals surface area contributed by atoms with Crippen LogP contribution in [0.3, 0.4) is 0 Å². The van der Waals surface area contributed by atoms with Gasteiger partial charge in [-0.1, -0.05) is 40.4 Å². The maximum Gasteiger partial charge on any atom is 0.123 e. The molecule has 1 aromatic rings. The van der Waals surface area contributed by atoms with E-state index >= 15 is 0 Å². The fourth-order valence-corrected chi connectivity index (χ4v) is 3.37. The molecule has 0 saturated heterocycles. The van der Waals surface area contributed by atoms with Gasteiger partial charge in [0.2, 0.25) is 0 Å². The Morgan fingerprint density at radius 1 is 1.27 bits per heavy atom. The van der Waals surface area contributed by atoms with Gasteiger partial charge in [0, 0.05) is 9.85 Å². The fourth-order valence-electron chi connectivity index (χ4n) is 2.23. The zero-order valence-electron chi connectivity index (χ0n) is 8.35. The number of hydrogen-bond donors (Lipinski definition) is 0. The Balaban J connectivity index is 2.30. The molecule has 3 heteroatoms. The van der Waals surface area contributed by atoms with Crippen LogP contribution in [-0.2, 0) is 0 Å². The van der Waals surface area contributed by atoms with Gasteiger partial charge in [-0.15, -0.1) is 0 Å². The monoisotopic (exact) mass is 290 g/mol. The second-order valence-corrected chi connectivity index (χ2v) is 5.66. The summed E-state index contributed by atoms with van der Waals surface area (Å²) in [4.78, 5) is 0.436. The zero-order valence-corrected chi connectivity index (χ0v) is 10.7. The second kappa shape index (κ2) is 4.84. The van der Waals surface area contributed by atoms with Gasteiger partial charge in [-0.05, 0) is 42.5 Å². The van der Waals surface area contributed by atoms with E-state index in [-0.39, 0.29) is 5.82 Å². The Labute approximate surface area is 103 Å². The van der Waals surface area contributed by atoms with Gasteiger partial charge in [0.1, 0.15) is 5.82 Å². The summed E-state index contributed by atoms with van der Waals surface area (Å²) >= 11 is 9.78. The predicted octanol–water partition coefficient (Wildman–Crippen LogP) is 4.90. The van der Waals surface area contributed by atoms with Crippen LogP contribution in [0.5, 0.6) is 0 Å². The van der Waals surface area contributed by atoms with Crippen LogP contribution in [0.2, 0.25) is 5.02 Å². The molecule has 0 spiro atoms. The Bertz CT molecular complexity index is 353. The van der Waals surface area contributed by atoms with Crippen molar-refractivity contribution in [3.8, 4) is 0 Å². The smallest absolute Gasteiger partial charge is 0.123 e. The maximum absolute atomic E-state index is 13.2. The number of rotatable bonds is 1. The first kappa shape index (κ1) is 11.4. The van der Waals surface area contributed by atoms with Crippen molar-refractivity contribution < 1.29 is 4.39 Å². The lowest BCUT2D eigenvalue weighted by Crippen LogP contribution is -2.17. The second-order valence-electron chi connectivity index (χ2n) is 4.07. The summed E-state index contributed by atoms with van der Waals surface area (Å²) in [7, 11) is 0. The zero-order chi connectivity index (χ0) is 10.8. The molecule has 0 N–H and O–H groups in total. The maximum atomic E-state index is 13.2. The van der Waals surface area contributed by atoms with E-state index in [0.29, 0.717) is 15.8 Å². The van der Waals surface area contributed by atoms with E-state index in [1.807, 2.05) is 0 Å². The molecule has 2 atom stereocenters. The molecule has 0 aliphatic heterocycles. The molecule has 1 fully saturated rings. The molecular weight excluding hydrogens is 278 g/mol. The Morgan fingerprint density at radius 2 is 2.00 bits per heavy atom. The molecule has 0 amide bonds. The Hall–Kier alpha value is -0.0800. The molecule has 0 nitrogen and oxygen atoms in total. The molecule has 0 heterocycles. The molecule has 1 saturated carbocycles. The van der Waals surface area contributed by atoms with Gasteiger partial charge in [0.15, 0.2) is 0 Å². The SMILES string of the molecule is Fc1ccc(Cl)c(C2CCCCC2Br)c1. The van der Waals surface area contributed by atoms with Crippen LogP contribution in [0, 0.1) is 5.82 Å². The molecular formula is C12H13BrClF. The Kier molecular flexibility index (Phi) is 3.68. The summed E-state index contributed by atoms with van der Waals surface area (Å²) in [5.74, 6) is 0.168. The molecule has 82 valence electrons. The van der Waals surface area contributed by atoms with Crippen LogP contribution >= 0.6 is 27.5 Å². The third kappa shape index (κ3) is 2.54. The molecule has 1 aliphatic rings. The molecule has 0 radical (unpaired) electrons. The summed E-state index contributed by atoms with van der Waals surface area (Å²) in [5.41, 5.74) is 0.957. The number of halogens is 3. The van der Waals surface area contributed by atoms with Gasteiger partial charge in [0.05, 0.1) is 0 Å². The van der Waals surface area contributed by atoms with Crippen LogP contribution in [0.15, 0.2) is 18.2 Å². The van der Waals surface area contributed by atoms with E-state index in [1.54, 1.807) is 12.1 Å². The molecule has 1 aliphatic carbocycles. The molecule has 2 unspecified atom stereocenters. The number of benzene rings is 1. The first-order chi connectivity index (χ1) is 7.18. The molecule has 0 bridgehead atoms. The van der Waals surface area contributed by atoms with E-state index in [2.05, 4.69) is 15.9 Å². The van der Waals surface area contributed by atoms with Crippen molar-refractivity contribution in [3.63, 3.8) is 0 Å². The highest BCUT2D eigenvalue weighted by molar-refractivity contribution is 9.09. The van der Waals surface area contributed by atoms with Gasteiger partial charge < -0.3 is 0 Å². The minimum Gasteiger partial charge on any atom is -0.207 e. The third-order valence-corrected chi connectivity index (χ3v) is 4.48. The van der Waals surface area contributed by atoms with Gasteiger partial charge in [-0.25, -0.2) is 4.39 Å². The van der Waals surface area contributed by atoms with Crippen LogP contribution < -0.4 is 0 Å². The lowest BCUT2D eigenvalue weighted by molar-refractivity contribution is 0.459. The average molecular weight is 292 g/mol. The highest BCUT2D eigenvalue weighted by Gasteiger charge is 2.26. The molecule has 1 aromatic carbocycles. The Morgan fingerprint density at radius 3 is 2.73 bits per heavy atom. The third-order valence-electron chi connectivity index (χ3n) is 3.04. The lowest BCUT2D eigenvalue weighted by atomic mass is 9.84. The van der Waals surface area contributed by atoms with E-state index in [9.17, 15) is 4.39 Å². The molecule has 0 aromatic heterocycles. The van der Waals surface area contributed by atoms with Crippen LogP contribution in [-0.4, -0.2) is 4.83 Å². The summed E-state index contributed by atoms with van der Waals surface area (Å²) in [6.45, 7) is 0. The van der Waals surface area contributed by atoms with Gasteiger partial charge in [-0.2, -0.15) is 0 Å². The van der Waals surface area contributed by atoms with Gasteiger partial charge in [-0.3, -0.25) is 0 Å². The summed E-state index contributed by atoms with van der Waals surface area (Å²) < 4.78 is 13.2. The van der Waals surface area contributed by atoms with Crippen LogP contribution in [0.4, 0.5) is 4.39 Å². The van der Waals surface area contributed by atoms with Gasteiger partial charge >= 0.3 is 0 Å². The highest BCUT2D eigenvalue weighted by Crippen LogP contribution is 2.40. The van der Waals surface area contributed by atoms with Crippen molar-refractivity contribution in [1.29, 1.82) is 0 Å². The summed E-state index contributed by atoms with van der Waals surface area (Å²) in [6.07, 6.45) is 4.70. The standard InChI is InChI=1S/C12H13BrClF/c13-11-4-2-1-3-9(11)10-7-8(15)5-6-12(10)14/h5-7,9,11H,1-4H2. The summed E-state index contributed by atoms with van der Waals surface area (Å²) in [6, 6.07) is 4.64. The van der Waals surface area contributed by atoms with Crippen molar-refractivity contribution in [2.24, 2.45) is 0 Å². The first-order valence-electron chi connectivity index (χ1n) is 5.27. The largest absolute Gasteiger partial charge is 0.207 e. The van der Waals surface area contributed by atoms with Crippen molar-refractivity contribution in [2.45, 2.75) is 36.4 Å². The quantitative estimate of drug-likeness (QED) is 0.646. The normalized spacial score (nSPS) is 26.6. The van der Waals surface area contributed by atoms with Crippen LogP contribution in [0.1, 0.15) is 37.2 Å². The van der Waals surface area contributed by atoms with Crippen molar-refractivity contribution in [2.75, 3.05) is 0 Å². The highest BCUT2D eigenvalue weighted by atomic mass is 79.9. The lowest BCUT2D eigenvalue weighted by Gasteiger charge is -2.28. The van der Waals surface area contributed by atoms with Crippen LogP contribution in [0.25, 0.3) is 0 Å². The average Bonchev–Trinajstić information content (AvgIpc) is 2.23. The molecule has 15 heavy (non-hydrogen) atoms. The van der Waals surface area contributed by atoms with E-state index in [0.717, 1.165) is 18.4 Å².